The van der Waals surface area contributed by atoms with Gasteiger partial charge in [0.15, 0.2) is 11.5 Å². The summed E-state index contributed by atoms with van der Waals surface area (Å²) in [4.78, 5) is 39.2. The number of ether oxygens (including phenoxy) is 2. The molecule has 0 saturated heterocycles. The lowest BCUT2D eigenvalue weighted by Crippen LogP contribution is -2.41. The molecule has 0 atom stereocenters. The van der Waals surface area contributed by atoms with E-state index in [1.54, 1.807) is 36.4 Å². The van der Waals surface area contributed by atoms with Gasteiger partial charge in [-0.25, -0.2) is 0 Å². The van der Waals surface area contributed by atoms with E-state index in [2.05, 4.69) is 0 Å². The normalized spacial score (nSPS) is 12.9. The molecule has 0 unspecified atom stereocenters. The fourth-order valence-electron chi connectivity index (χ4n) is 3.70. The van der Waals surface area contributed by atoms with Crippen LogP contribution in [0.2, 0.25) is 0 Å². The van der Waals surface area contributed by atoms with Crippen LogP contribution in [0, 0.1) is 6.92 Å². The first kappa shape index (κ1) is 19.6. The average molecular weight is 403 g/mol. The SMILES string of the molecule is COc1cc(C)ccc1OC(=O)CCCN1C(=O)c2cccc3cccc(c23)C1=O. The van der Waals surface area contributed by atoms with Gasteiger partial charge in [0.05, 0.1) is 7.11 Å². The maximum Gasteiger partial charge on any atom is 0.311 e. The Balaban J connectivity index is 1.43. The highest BCUT2D eigenvalue weighted by molar-refractivity contribution is 6.25. The van der Waals surface area contributed by atoms with Gasteiger partial charge in [0.1, 0.15) is 0 Å². The second-order valence-corrected chi connectivity index (χ2v) is 7.20. The highest BCUT2D eigenvalue weighted by Gasteiger charge is 2.32. The number of nitrogens with zero attached hydrogens (tertiary/aromatic N) is 1. The van der Waals surface area contributed by atoms with Crippen molar-refractivity contribution >= 4 is 28.6 Å². The van der Waals surface area contributed by atoms with E-state index < -0.39 is 5.97 Å². The Morgan fingerprint density at radius 2 is 1.60 bits per heavy atom. The second kappa shape index (κ2) is 7.99. The summed E-state index contributed by atoms with van der Waals surface area (Å²) >= 11 is 0. The predicted octanol–water partition coefficient (Wildman–Crippen LogP) is 4.14. The standard InChI is InChI=1S/C24H21NO5/c1-15-11-12-19(20(14-15)29-2)30-21(26)10-5-13-25-23(27)17-8-3-6-16-7-4-9-18(22(16)17)24(25)28/h3-4,6-9,11-12,14H,5,10,13H2,1-2H3. The molecule has 0 aliphatic carbocycles. The van der Waals surface area contributed by atoms with Crippen LogP contribution in [0.25, 0.3) is 10.8 Å². The highest BCUT2D eigenvalue weighted by Crippen LogP contribution is 2.30. The van der Waals surface area contributed by atoms with Crippen LogP contribution in [0.1, 0.15) is 39.1 Å². The molecule has 0 N–H and O–H groups in total. The van der Waals surface area contributed by atoms with Crippen molar-refractivity contribution in [3.63, 3.8) is 0 Å². The number of hydrogen-bond donors (Lipinski definition) is 0. The Hall–Kier alpha value is -3.67. The summed E-state index contributed by atoms with van der Waals surface area (Å²) in [7, 11) is 1.51. The van der Waals surface area contributed by atoms with Gasteiger partial charge in [-0.3, -0.25) is 19.3 Å². The molecular weight excluding hydrogens is 382 g/mol. The van der Waals surface area contributed by atoms with E-state index in [-0.39, 0.29) is 24.8 Å². The molecule has 0 aromatic heterocycles. The number of methoxy groups -OCH3 is 1. The van der Waals surface area contributed by atoms with E-state index in [1.165, 1.54) is 12.0 Å². The van der Waals surface area contributed by atoms with Crippen LogP contribution >= 0.6 is 0 Å². The van der Waals surface area contributed by atoms with Crippen LogP contribution in [0.4, 0.5) is 0 Å². The molecule has 2 amide bonds. The van der Waals surface area contributed by atoms with E-state index in [9.17, 15) is 14.4 Å². The fourth-order valence-corrected chi connectivity index (χ4v) is 3.70. The van der Waals surface area contributed by atoms with Crippen LogP contribution in [-0.4, -0.2) is 36.3 Å². The van der Waals surface area contributed by atoms with Gasteiger partial charge in [-0.15, -0.1) is 0 Å². The molecule has 30 heavy (non-hydrogen) atoms. The largest absolute Gasteiger partial charge is 0.493 e. The lowest BCUT2D eigenvalue weighted by Gasteiger charge is -2.27. The van der Waals surface area contributed by atoms with Crippen molar-refractivity contribution in [3.8, 4) is 11.5 Å². The Morgan fingerprint density at radius 1 is 0.933 bits per heavy atom. The topological polar surface area (TPSA) is 72.9 Å². The van der Waals surface area contributed by atoms with E-state index in [1.807, 2.05) is 25.1 Å². The third kappa shape index (κ3) is 3.52. The van der Waals surface area contributed by atoms with Gasteiger partial charge in [0.2, 0.25) is 0 Å². The molecule has 4 rings (SSSR count). The van der Waals surface area contributed by atoms with Gasteiger partial charge in [0.25, 0.3) is 11.8 Å². The minimum atomic E-state index is -0.448. The first-order valence-electron chi connectivity index (χ1n) is 9.73. The first-order chi connectivity index (χ1) is 14.5. The maximum atomic E-state index is 12.9. The molecule has 0 spiro atoms. The molecule has 0 bridgehead atoms. The number of rotatable bonds is 6. The molecule has 0 fully saturated rings. The van der Waals surface area contributed by atoms with E-state index >= 15 is 0 Å². The van der Waals surface area contributed by atoms with Gasteiger partial charge >= 0.3 is 5.97 Å². The molecule has 6 nitrogen and oxygen atoms in total. The van der Waals surface area contributed by atoms with Crippen molar-refractivity contribution in [2.24, 2.45) is 0 Å². The summed E-state index contributed by atoms with van der Waals surface area (Å²) < 4.78 is 10.6. The van der Waals surface area contributed by atoms with Gasteiger partial charge in [0, 0.05) is 29.5 Å². The Labute approximate surface area is 174 Å². The minimum absolute atomic E-state index is 0.0694. The summed E-state index contributed by atoms with van der Waals surface area (Å²) in [6.45, 7) is 2.06. The summed E-state index contributed by atoms with van der Waals surface area (Å²) in [5.41, 5.74) is 2.01. The van der Waals surface area contributed by atoms with Gasteiger partial charge in [-0.05, 0) is 48.6 Å². The van der Waals surface area contributed by atoms with E-state index in [0.717, 1.165) is 10.9 Å². The lowest BCUT2D eigenvalue weighted by atomic mass is 9.94. The number of carbonyl (C=O) groups excluding carboxylic acids is 3. The predicted molar refractivity (Wildman–Crippen MR) is 112 cm³/mol. The second-order valence-electron chi connectivity index (χ2n) is 7.20. The van der Waals surface area contributed by atoms with Crippen molar-refractivity contribution < 1.29 is 23.9 Å². The van der Waals surface area contributed by atoms with Crippen LogP contribution in [0.15, 0.2) is 54.6 Å². The van der Waals surface area contributed by atoms with Crippen LogP contribution in [0.5, 0.6) is 11.5 Å². The maximum absolute atomic E-state index is 12.9. The Bertz CT molecular complexity index is 1120. The van der Waals surface area contributed by atoms with Gasteiger partial charge in [-0.1, -0.05) is 30.3 Å². The summed E-state index contributed by atoms with van der Waals surface area (Å²) in [5, 5.41) is 1.55. The van der Waals surface area contributed by atoms with Crippen molar-refractivity contribution in [2.45, 2.75) is 19.8 Å². The Kier molecular flexibility index (Phi) is 5.23. The molecule has 0 radical (unpaired) electrons. The molecule has 1 heterocycles. The monoisotopic (exact) mass is 403 g/mol. The van der Waals surface area contributed by atoms with Crippen molar-refractivity contribution in [2.75, 3.05) is 13.7 Å². The molecule has 3 aromatic carbocycles. The number of aryl methyl sites for hydroxylation is 1. The smallest absolute Gasteiger partial charge is 0.311 e. The summed E-state index contributed by atoms with van der Waals surface area (Å²) in [6.07, 6.45) is 0.378. The lowest BCUT2D eigenvalue weighted by molar-refractivity contribution is -0.134. The number of carbonyl (C=O) groups is 3. The summed E-state index contributed by atoms with van der Waals surface area (Å²) in [6, 6.07) is 16.1. The van der Waals surface area contributed by atoms with Crippen molar-refractivity contribution in [1.29, 1.82) is 0 Å². The van der Waals surface area contributed by atoms with Crippen molar-refractivity contribution in [1.82, 2.24) is 4.90 Å². The van der Waals surface area contributed by atoms with E-state index in [4.69, 9.17) is 9.47 Å². The van der Waals surface area contributed by atoms with Crippen LogP contribution in [0.3, 0.4) is 0 Å². The minimum Gasteiger partial charge on any atom is -0.493 e. The fraction of sp³-hybridized carbons (Fsp3) is 0.208. The van der Waals surface area contributed by atoms with Crippen molar-refractivity contribution in [3.05, 3.63) is 71.3 Å². The average Bonchev–Trinajstić information content (AvgIpc) is 2.75. The molecular formula is C24H21NO5. The zero-order valence-electron chi connectivity index (χ0n) is 16.8. The zero-order chi connectivity index (χ0) is 21.3. The van der Waals surface area contributed by atoms with Gasteiger partial charge < -0.3 is 9.47 Å². The van der Waals surface area contributed by atoms with Crippen LogP contribution in [-0.2, 0) is 4.79 Å². The number of benzene rings is 3. The number of hydrogen-bond acceptors (Lipinski definition) is 5. The number of amides is 2. The molecule has 0 saturated carbocycles. The van der Waals surface area contributed by atoms with Crippen LogP contribution < -0.4 is 9.47 Å². The first-order valence-corrected chi connectivity index (χ1v) is 9.73. The molecule has 3 aromatic rings. The molecule has 1 aliphatic rings. The quantitative estimate of drug-likeness (QED) is 0.351. The molecule has 1 aliphatic heterocycles. The van der Waals surface area contributed by atoms with E-state index in [0.29, 0.717) is 34.4 Å². The Morgan fingerprint density at radius 3 is 2.23 bits per heavy atom. The third-order valence-corrected chi connectivity index (χ3v) is 5.16. The number of esters is 1. The zero-order valence-corrected chi connectivity index (χ0v) is 16.8. The molecule has 152 valence electrons. The highest BCUT2D eigenvalue weighted by atomic mass is 16.6. The third-order valence-electron chi connectivity index (χ3n) is 5.16. The van der Waals surface area contributed by atoms with Gasteiger partial charge in [-0.2, -0.15) is 0 Å². The molecule has 6 heteroatoms. The number of imide groups is 1. The summed E-state index contributed by atoms with van der Waals surface area (Å²) in [5.74, 6) is -0.291.